The van der Waals surface area contributed by atoms with Crippen molar-refractivity contribution >= 4 is 11.7 Å². The molecule has 3 heteroatoms. The van der Waals surface area contributed by atoms with Crippen LogP contribution in [0, 0.1) is 11.8 Å². The van der Waals surface area contributed by atoms with E-state index in [9.17, 15) is 9.59 Å². The molecule has 0 aliphatic heterocycles. The minimum absolute atomic E-state index is 0.130. The van der Waals surface area contributed by atoms with Gasteiger partial charge in [-0.3, -0.25) is 9.59 Å². The van der Waals surface area contributed by atoms with Crippen molar-refractivity contribution < 1.29 is 9.59 Å². The third kappa shape index (κ3) is 3.56. The van der Waals surface area contributed by atoms with Crippen LogP contribution in [-0.4, -0.2) is 11.7 Å². The van der Waals surface area contributed by atoms with Gasteiger partial charge in [-0.1, -0.05) is 55.5 Å². The average molecular weight is 321 g/mol. The zero-order chi connectivity index (χ0) is 16.9. The first-order valence-electron chi connectivity index (χ1n) is 8.60. The lowest BCUT2D eigenvalue weighted by molar-refractivity contribution is -0.127. The van der Waals surface area contributed by atoms with E-state index in [-0.39, 0.29) is 29.6 Å². The molecule has 3 rings (SSSR count). The van der Waals surface area contributed by atoms with Crippen LogP contribution in [0.4, 0.5) is 0 Å². The van der Waals surface area contributed by atoms with Crippen LogP contribution < -0.4 is 5.32 Å². The van der Waals surface area contributed by atoms with Crippen LogP contribution >= 0.6 is 0 Å². The Morgan fingerprint density at radius 3 is 2.29 bits per heavy atom. The quantitative estimate of drug-likeness (QED) is 0.919. The number of hydrogen-bond donors (Lipinski definition) is 1. The first-order chi connectivity index (χ1) is 11.7. The molecule has 0 bridgehead atoms. The van der Waals surface area contributed by atoms with E-state index in [2.05, 4.69) is 12.2 Å². The second kappa shape index (κ2) is 7.43. The molecule has 0 saturated heterocycles. The molecule has 0 heterocycles. The number of ketones is 1. The molecule has 2 aromatic rings. The van der Waals surface area contributed by atoms with E-state index in [1.807, 2.05) is 48.5 Å². The van der Waals surface area contributed by atoms with Crippen molar-refractivity contribution in [3.8, 4) is 0 Å². The number of rotatable bonds is 4. The fourth-order valence-electron chi connectivity index (χ4n) is 3.63. The van der Waals surface area contributed by atoms with Crippen LogP contribution in [0.15, 0.2) is 60.7 Å². The summed E-state index contributed by atoms with van der Waals surface area (Å²) in [5, 5.41) is 3.12. The summed E-state index contributed by atoms with van der Waals surface area (Å²) in [4.78, 5) is 25.2. The topological polar surface area (TPSA) is 46.2 Å². The molecule has 1 N–H and O–H groups in total. The number of nitrogens with one attached hydrogen (secondary N) is 1. The normalized spacial score (nSPS) is 22.0. The van der Waals surface area contributed by atoms with Crippen molar-refractivity contribution in [1.82, 2.24) is 5.32 Å². The molecule has 2 aromatic carbocycles. The van der Waals surface area contributed by atoms with Gasteiger partial charge in [-0.15, -0.1) is 0 Å². The Bertz CT molecular complexity index is 696. The summed E-state index contributed by atoms with van der Waals surface area (Å²) in [7, 11) is 0. The predicted octanol–water partition coefficient (Wildman–Crippen LogP) is 4.16. The van der Waals surface area contributed by atoms with Gasteiger partial charge in [-0.05, 0) is 36.5 Å². The van der Waals surface area contributed by atoms with Crippen molar-refractivity contribution in [2.75, 3.05) is 0 Å². The highest BCUT2D eigenvalue weighted by Gasteiger charge is 2.37. The van der Waals surface area contributed by atoms with Gasteiger partial charge in [-0.2, -0.15) is 0 Å². The van der Waals surface area contributed by atoms with E-state index < -0.39 is 0 Å². The van der Waals surface area contributed by atoms with E-state index >= 15 is 0 Å². The molecule has 0 radical (unpaired) electrons. The molecule has 1 fully saturated rings. The van der Waals surface area contributed by atoms with Crippen molar-refractivity contribution in [2.24, 2.45) is 11.8 Å². The highest BCUT2D eigenvalue weighted by Crippen LogP contribution is 2.36. The minimum atomic E-state index is -0.276. The van der Waals surface area contributed by atoms with Crippen LogP contribution in [0.5, 0.6) is 0 Å². The Kier molecular flexibility index (Phi) is 5.09. The molecular weight excluding hydrogens is 298 g/mol. The maximum atomic E-state index is 12.7. The summed E-state index contributed by atoms with van der Waals surface area (Å²) in [6.45, 7) is 2.12. The van der Waals surface area contributed by atoms with Gasteiger partial charge >= 0.3 is 0 Å². The first kappa shape index (κ1) is 16.4. The standard InChI is InChI=1S/C21H23NO2/c1-15-9-8-14-18(23)19(15)20(16-10-4-2-5-11-16)22-21(24)17-12-6-3-7-13-17/h2-7,10-13,15,19-20H,8-9,14H2,1H3,(H,22,24)/t15-,19+,20+/m1/s1. The SMILES string of the molecule is C[C@@H]1CCCC(=O)[C@H]1[C@@H](NC(=O)c1ccccc1)c1ccccc1. The van der Waals surface area contributed by atoms with Gasteiger partial charge in [0, 0.05) is 17.9 Å². The Morgan fingerprint density at radius 1 is 1.04 bits per heavy atom. The summed E-state index contributed by atoms with van der Waals surface area (Å²) in [6.07, 6.45) is 2.59. The van der Waals surface area contributed by atoms with Crippen LogP contribution in [0.2, 0.25) is 0 Å². The smallest absolute Gasteiger partial charge is 0.251 e. The first-order valence-corrected chi connectivity index (χ1v) is 8.60. The van der Waals surface area contributed by atoms with Crippen molar-refractivity contribution in [3.05, 3.63) is 71.8 Å². The largest absolute Gasteiger partial charge is 0.344 e. The summed E-state index contributed by atoms with van der Waals surface area (Å²) in [5.41, 5.74) is 1.61. The van der Waals surface area contributed by atoms with Gasteiger partial charge < -0.3 is 5.32 Å². The lowest BCUT2D eigenvalue weighted by atomic mass is 9.73. The van der Waals surface area contributed by atoms with E-state index in [1.165, 1.54) is 0 Å². The molecule has 1 aliphatic carbocycles. The minimum Gasteiger partial charge on any atom is -0.344 e. The second-order valence-electron chi connectivity index (χ2n) is 6.59. The molecule has 0 spiro atoms. The van der Waals surface area contributed by atoms with E-state index in [1.54, 1.807) is 12.1 Å². The number of hydrogen-bond acceptors (Lipinski definition) is 2. The summed E-state index contributed by atoms with van der Waals surface area (Å²) < 4.78 is 0. The second-order valence-corrected chi connectivity index (χ2v) is 6.59. The molecule has 124 valence electrons. The van der Waals surface area contributed by atoms with Gasteiger partial charge in [0.05, 0.1) is 6.04 Å². The predicted molar refractivity (Wildman–Crippen MR) is 94.6 cm³/mol. The van der Waals surface area contributed by atoms with E-state index in [0.717, 1.165) is 18.4 Å². The molecular formula is C21H23NO2. The van der Waals surface area contributed by atoms with Crippen LogP contribution in [0.3, 0.4) is 0 Å². The number of amides is 1. The van der Waals surface area contributed by atoms with Gasteiger partial charge in [0.25, 0.3) is 5.91 Å². The zero-order valence-electron chi connectivity index (χ0n) is 13.9. The van der Waals surface area contributed by atoms with Crippen LogP contribution in [-0.2, 0) is 4.79 Å². The Morgan fingerprint density at radius 2 is 1.67 bits per heavy atom. The summed E-state index contributed by atoms with van der Waals surface area (Å²) >= 11 is 0. The van der Waals surface area contributed by atoms with Crippen LogP contribution in [0.1, 0.15) is 48.1 Å². The Hall–Kier alpha value is -2.42. The lowest BCUT2D eigenvalue weighted by Crippen LogP contribution is -2.41. The number of carbonyl (C=O) groups excluding carboxylic acids is 2. The number of benzene rings is 2. The average Bonchev–Trinajstić information content (AvgIpc) is 2.62. The van der Waals surface area contributed by atoms with Gasteiger partial charge in [0.1, 0.15) is 5.78 Å². The molecule has 3 nitrogen and oxygen atoms in total. The molecule has 1 amide bonds. The molecule has 3 atom stereocenters. The Labute approximate surface area is 143 Å². The van der Waals surface area contributed by atoms with Crippen molar-refractivity contribution in [1.29, 1.82) is 0 Å². The molecule has 0 unspecified atom stereocenters. The number of Topliss-reactive ketones (excluding diaryl/α,β-unsaturated/α-hetero) is 1. The summed E-state index contributed by atoms with van der Waals surface area (Å²) in [6, 6.07) is 18.7. The van der Waals surface area contributed by atoms with E-state index in [4.69, 9.17) is 0 Å². The van der Waals surface area contributed by atoms with Crippen molar-refractivity contribution in [3.63, 3.8) is 0 Å². The van der Waals surface area contributed by atoms with Gasteiger partial charge in [-0.25, -0.2) is 0 Å². The maximum absolute atomic E-state index is 12.7. The third-order valence-electron chi connectivity index (χ3n) is 4.91. The fourth-order valence-corrected chi connectivity index (χ4v) is 3.63. The summed E-state index contributed by atoms with van der Waals surface area (Å²) in [5.74, 6) is 0.243. The molecule has 1 saturated carbocycles. The van der Waals surface area contributed by atoms with Crippen molar-refractivity contribution in [2.45, 2.75) is 32.2 Å². The van der Waals surface area contributed by atoms with Gasteiger partial charge in [0.2, 0.25) is 0 Å². The monoisotopic (exact) mass is 321 g/mol. The zero-order valence-corrected chi connectivity index (χ0v) is 13.9. The number of carbonyl (C=O) groups is 2. The van der Waals surface area contributed by atoms with E-state index in [0.29, 0.717) is 12.0 Å². The van der Waals surface area contributed by atoms with Crippen LogP contribution in [0.25, 0.3) is 0 Å². The Balaban J connectivity index is 1.91. The maximum Gasteiger partial charge on any atom is 0.251 e. The third-order valence-corrected chi connectivity index (χ3v) is 4.91. The molecule has 0 aromatic heterocycles. The molecule has 24 heavy (non-hydrogen) atoms. The van der Waals surface area contributed by atoms with Gasteiger partial charge in [0.15, 0.2) is 0 Å². The highest BCUT2D eigenvalue weighted by atomic mass is 16.2. The fraction of sp³-hybridized carbons (Fsp3) is 0.333. The lowest BCUT2D eigenvalue weighted by Gasteiger charge is -2.35. The molecule has 1 aliphatic rings. The highest BCUT2D eigenvalue weighted by molar-refractivity contribution is 5.95.